The lowest BCUT2D eigenvalue weighted by Crippen LogP contribution is -2.51. The summed E-state index contributed by atoms with van der Waals surface area (Å²) in [5.41, 5.74) is 0.964. The van der Waals surface area contributed by atoms with E-state index < -0.39 is 0 Å². The Hall–Kier alpha value is -0.910. The number of aliphatic hydroxyl groups is 1. The quantitative estimate of drug-likeness (QED) is 0.912. The van der Waals surface area contributed by atoms with E-state index >= 15 is 0 Å². The summed E-state index contributed by atoms with van der Waals surface area (Å²) in [4.78, 5) is 13.9. The molecule has 5 heteroatoms. The molecule has 1 fully saturated rings. The molecule has 0 bridgehead atoms. The van der Waals surface area contributed by atoms with Gasteiger partial charge in [-0.25, -0.2) is 0 Å². The van der Waals surface area contributed by atoms with Crippen molar-refractivity contribution in [3.8, 4) is 0 Å². The fourth-order valence-electron chi connectivity index (χ4n) is 2.04. The van der Waals surface area contributed by atoms with Gasteiger partial charge in [-0.1, -0.05) is 34.1 Å². The first-order valence-corrected chi connectivity index (χ1v) is 6.73. The molecule has 0 saturated carbocycles. The Kier molecular flexibility index (Phi) is 4.74. The first kappa shape index (κ1) is 13.5. The van der Waals surface area contributed by atoms with E-state index in [4.69, 9.17) is 4.74 Å². The Morgan fingerprint density at radius 3 is 3.00 bits per heavy atom. The number of hydrogen-bond acceptors (Lipinski definition) is 3. The maximum Gasteiger partial charge on any atom is 0.227 e. The Morgan fingerprint density at radius 1 is 1.50 bits per heavy atom. The molecule has 18 heavy (non-hydrogen) atoms. The number of halogens is 1. The summed E-state index contributed by atoms with van der Waals surface area (Å²) in [7, 11) is 0. The minimum atomic E-state index is -0.214. The largest absolute Gasteiger partial charge is 0.394 e. The minimum absolute atomic E-state index is 0.0317. The molecule has 1 aromatic rings. The highest BCUT2D eigenvalue weighted by Gasteiger charge is 2.26. The van der Waals surface area contributed by atoms with Crippen LogP contribution in [-0.4, -0.2) is 48.3 Å². The van der Waals surface area contributed by atoms with Crippen molar-refractivity contribution in [2.45, 2.75) is 12.5 Å². The fourth-order valence-corrected chi connectivity index (χ4v) is 2.47. The third-order valence-corrected chi connectivity index (χ3v) is 3.83. The summed E-state index contributed by atoms with van der Waals surface area (Å²) in [5.74, 6) is 0.0317. The number of carbonyl (C=O) groups is 1. The number of rotatable bonds is 3. The standard InChI is InChI=1S/C13H16BrNO3/c14-12-4-2-1-3-10(12)7-13(17)15-5-6-18-9-11(15)8-16/h1-4,11,16H,5-9H2. The van der Waals surface area contributed by atoms with E-state index in [1.54, 1.807) is 4.90 Å². The van der Waals surface area contributed by atoms with E-state index in [2.05, 4.69) is 15.9 Å². The fraction of sp³-hybridized carbons (Fsp3) is 0.462. The van der Waals surface area contributed by atoms with Gasteiger partial charge < -0.3 is 14.7 Å². The van der Waals surface area contributed by atoms with Gasteiger partial charge in [0.2, 0.25) is 5.91 Å². The van der Waals surface area contributed by atoms with Crippen molar-refractivity contribution in [1.82, 2.24) is 4.90 Å². The van der Waals surface area contributed by atoms with Crippen molar-refractivity contribution < 1.29 is 14.6 Å². The van der Waals surface area contributed by atoms with Gasteiger partial charge in [-0.2, -0.15) is 0 Å². The lowest BCUT2D eigenvalue weighted by Gasteiger charge is -2.34. The Balaban J connectivity index is 2.05. The Morgan fingerprint density at radius 2 is 2.28 bits per heavy atom. The maximum atomic E-state index is 12.2. The van der Waals surface area contributed by atoms with Gasteiger partial charge in [-0.15, -0.1) is 0 Å². The average Bonchev–Trinajstić information content (AvgIpc) is 2.41. The van der Waals surface area contributed by atoms with Gasteiger partial charge in [-0.05, 0) is 11.6 Å². The molecule has 1 aliphatic heterocycles. The number of nitrogens with zero attached hydrogens (tertiary/aromatic N) is 1. The highest BCUT2D eigenvalue weighted by molar-refractivity contribution is 9.10. The average molecular weight is 314 g/mol. The van der Waals surface area contributed by atoms with Gasteiger partial charge in [0.05, 0.1) is 32.3 Å². The van der Waals surface area contributed by atoms with Crippen LogP contribution in [0, 0.1) is 0 Å². The molecule has 0 aliphatic carbocycles. The van der Waals surface area contributed by atoms with Gasteiger partial charge in [-0.3, -0.25) is 4.79 Å². The second kappa shape index (κ2) is 6.31. The molecule has 1 N–H and O–H groups in total. The van der Waals surface area contributed by atoms with Gasteiger partial charge >= 0.3 is 0 Å². The highest BCUT2D eigenvalue weighted by Crippen LogP contribution is 2.18. The molecule has 1 atom stereocenters. The van der Waals surface area contributed by atoms with E-state index in [-0.39, 0.29) is 18.6 Å². The van der Waals surface area contributed by atoms with Crippen LogP contribution >= 0.6 is 15.9 Å². The van der Waals surface area contributed by atoms with Crippen LogP contribution in [-0.2, 0) is 16.0 Å². The zero-order chi connectivity index (χ0) is 13.0. The number of aliphatic hydroxyl groups excluding tert-OH is 1. The molecule has 2 rings (SSSR count). The van der Waals surface area contributed by atoms with Crippen LogP contribution < -0.4 is 0 Å². The van der Waals surface area contributed by atoms with Gasteiger partial charge in [0.15, 0.2) is 0 Å². The molecule has 98 valence electrons. The molecule has 0 aromatic heterocycles. The zero-order valence-electron chi connectivity index (χ0n) is 10.0. The summed E-state index contributed by atoms with van der Waals surface area (Å²) in [5, 5.41) is 9.25. The lowest BCUT2D eigenvalue weighted by molar-refractivity contribution is -0.140. The molecule has 0 radical (unpaired) electrons. The van der Waals surface area contributed by atoms with Crippen LogP contribution in [0.25, 0.3) is 0 Å². The summed E-state index contributed by atoms with van der Waals surface area (Å²) in [6.45, 7) is 1.45. The smallest absolute Gasteiger partial charge is 0.227 e. The molecule has 1 aromatic carbocycles. The second-order valence-corrected chi connectivity index (χ2v) is 5.12. The van der Waals surface area contributed by atoms with Gasteiger partial charge in [0.1, 0.15) is 0 Å². The molecule has 1 amide bonds. The Bertz CT molecular complexity index is 424. The molecule has 1 saturated heterocycles. The van der Waals surface area contributed by atoms with Crippen molar-refractivity contribution in [3.05, 3.63) is 34.3 Å². The Labute approximate surface area is 115 Å². The number of amides is 1. The molecular formula is C13H16BrNO3. The predicted octanol–water partition coefficient (Wildman–Crippen LogP) is 1.21. The molecule has 4 nitrogen and oxygen atoms in total. The van der Waals surface area contributed by atoms with Crippen LogP contribution in [0.1, 0.15) is 5.56 Å². The highest BCUT2D eigenvalue weighted by atomic mass is 79.9. The third kappa shape index (κ3) is 3.10. The van der Waals surface area contributed by atoms with E-state index in [1.807, 2.05) is 24.3 Å². The van der Waals surface area contributed by atoms with E-state index in [1.165, 1.54) is 0 Å². The monoisotopic (exact) mass is 313 g/mol. The summed E-state index contributed by atoms with van der Waals surface area (Å²) in [6, 6.07) is 7.47. The topological polar surface area (TPSA) is 49.8 Å². The van der Waals surface area contributed by atoms with Crippen LogP contribution in [0.15, 0.2) is 28.7 Å². The van der Waals surface area contributed by atoms with Gasteiger partial charge in [0.25, 0.3) is 0 Å². The lowest BCUT2D eigenvalue weighted by atomic mass is 10.1. The molecular weight excluding hydrogens is 298 g/mol. The van der Waals surface area contributed by atoms with Crippen LogP contribution in [0.3, 0.4) is 0 Å². The zero-order valence-corrected chi connectivity index (χ0v) is 11.6. The summed E-state index contributed by atoms with van der Waals surface area (Å²) >= 11 is 3.44. The second-order valence-electron chi connectivity index (χ2n) is 4.27. The number of ether oxygens (including phenoxy) is 1. The summed E-state index contributed by atoms with van der Waals surface area (Å²) < 4.78 is 6.20. The summed E-state index contributed by atoms with van der Waals surface area (Å²) in [6.07, 6.45) is 0.345. The number of benzene rings is 1. The van der Waals surface area contributed by atoms with E-state index in [0.717, 1.165) is 10.0 Å². The van der Waals surface area contributed by atoms with Crippen LogP contribution in [0.4, 0.5) is 0 Å². The molecule has 1 heterocycles. The normalized spacial score (nSPS) is 19.9. The number of carbonyl (C=O) groups excluding carboxylic acids is 1. The first-order valence-electron chi connectivity index (χ1n) is 5.94. The van der Waals surface area contributed by atoms with E-state index in [0.29, 0.717) is 26.2 Å². The number of morpholine rings is 1. The van der Waals surface area contributed by atoms with Gasteiger partial charge in [0, 0.05) is 11.0 Å². The van der Waals surface area contributed by atoms with Crippen LogP contribution in [0.2, 0.25) is 0 Å². The molecule has 1 aliphatic rings. The SMILES string of the molecule is O=C(Cc1ccccc1Br)N1CCOCC1CO. The van der Waals surface area contributed by atoms with Crippen molar-refractivity contribution >= 4 is 21.8 Å². The van der Waals surface area contributed by atoms with Crippen molar-refractivity contribution in [1.29, 1.82) is 0 Å². The molecule has 1 unspecified atom stereocenters. The minimum Gasteiger partial charge on any atom is -0.394 e. The third-order valence-electron chi connectivity index (χ3n) is 3.06. The number of hydrogen-bond donors (Lipinski definition) is 1. The predicted molar refractivity (Wildman–Crippen MR) is 71.3 cm³/mol. The maximum absolute atomic E-state index is 12.2. The van der Waals surface area contributed by atoms with Crippen molar-refractivity contribution in [2.24, 2.45) is 0 Å². The molecule has 0 spiro atoms. The van der Waals surface area contributed by atoms with E-state index in [9.17, 15) is 9.90 Å². The first-order chi connectivity index (χ1) is 8.72. The van der Waals surface area contributed by atoms with Crippen LogP contribution in [0.5, 0.6) is 0 Å². The van der Waals surface area contributed by atoms with Crippen molar-refractivity contribution in [3.63, 3.8) is 0 Å². The van der Waals surface area contributed by atoms with Crippen molar-refractivity contribution in [2.75, 3.05) is 26.4 Å².